The molecule has 0 aliphatic carbocycles. The summed E-state index contributed by atoms with van der Waals surface area (Å²) in [6, 6.07) is -0.0727. The fourth-order valence-corrected chi connectivity index (χ4v) is 1.87. The zero-order valence-electron chi connectivity index (χ0n) is 11.5. The van der Waals surface area contributed by atoms with Gasteiger partial charge in [0, 0.05) is 39.0 Å². The van der Waals surface area contributed by atoms with Crippen LogP contribution in [0.2, 0.25) is 0 Å². The highest BCUT2D eigenvalue weighted by Gasteiger charge is 2.19. The van der Waals surface area contributed by atoms with E-state index in [1.807, 2.05) is 20.9 Å². The van der Waals surface area contributed by atoms with Gasteiger partial charge in [-0.1, -0.05) is 0 Å². The molecule has 0 saturated heterocycles. The molecule has 1 rings (SSSR count). The topological polar surface area (TPSA) is 82.2 Å². The summed E-state index contributed by atoms with van der Waals surface area (Å²) in [6.07, 6.45) is 0.705. The Hall–Kier alpha value is -1.40. The number of amides is 1. The van der Waals surface area contributed by atoms with E-state index in [0.717, 1.165) is 11.4 Å². The second-order valence-corrected chi connectivity index (χ2v) is 4.36. The minimum absolute atomic E-state index is 0.0727. The molecule has 0 aliphatic rings. The number of ether oxygens (including phenoxy) is 1. The summed E-state index contributed by atoms with van der Waals surface area (Å²) < 4.78 is 6.69. The van der Waals surface area contributed by atoms with Gasteiger partial charge in [-0.2, -0.15) is 5.10 Å². The molecule has 6 heteroatoms. The van der Waals surface area contributed by atoms with Crippen molar-refractivity contribution in [1.82, 2.24) is 15.1 Å². The molecule has 0 fully saturated rings. The number of rotatable bonds is 6. The lowest BCUT2D eigenvalue weighted by Gasteiger charge is -2.16. The van der Waals surface area contributed by atoms with Crippen molar-refractivity contribution >= 4 is 5.91 Å². The molecule has 1 aromatic rings. The predicted molar refractivity (Wildman–Crippen MR) is 69.5 cm³/mol. The molecule has 3 N–H and O–H groups in total. The Bertz CT molecular complexity index is 414. The van der Waals surface area contributed by atoms with Gasteiger partial charge in [0.1, 0.15) is 0 Å². The standard InChI is InChI=1S/C12H22N4O2/c1-8-11(9(2)16(3)15-8)12(17)14-10(7-13)5-6-18-4/h10H,5-7,13H2,1-4H3,(H,14,17). The number of carbonyl (C=O) groups excluding carboxylic acids is 1. The van der Waals surface area contributed by atoms with Gasteiger partial charge in [-0.3, -0.25) is 9.48 Å². The van der Waals surface area contributed by atoms with Crippen molar-refractivity contribution in [3.8, 4) is 0 Å². The van der Waals surface area contributed by atoms with Gasteiger partial charge < -0.3 is 15.8 Å². The van der Waals surface area contributed by atoms with E-state index in [1.54, 1.807) is 11.8 Å². The van der Waals surface area contributed by atoms with Crippen molar-refractivity contribution in [1.29, 1.82) is 0 Å². The van der Waals surface area contributed by atoms with Gasteiger partial charge in [0.25, 0.3) is 5.91 Å². The minimum Gasteiger partial charge on any atom is -0.385 e. The Labute approximate surface area is 107 Å². The van der Waals surface area contributed by atoms with Crippen LogP contribution < -0.4 is 11.1 Å². The third kappa shape index (κ3) is 3.30. The van der Waals surface area contributed by atoms with Crippen molar-refractivity contribution in [2.24, 2.45) is 12.8 Å². The van der Waals surface area contributed by atoms with E-state index in [9.17, 15) is 4.79 Å². The fraction of sp³-hybridized carbons (Fsp3) is 0.667. The molecule has 1 atom stereocenters. The van der Waals surface area contributed by atoms with Crippen LogP contribution in [-0.2, 0) is 11.8 Å². The summed E-state index contributed by atoms with van der Waals surface area (Å²) in [6.45, 7) is 4.68. The highest BCUT2D eigenvalue weighted by Crippen LogP contribution is 2.11. The zero-order valence-corrected chi connectivity index (χ0v) is 11.5. The van der Waals surface area contributed by atoms with E-state index >= 15 is 0 Å². The second-order valence-electron chi connectivity index (χ2n) is 4.36. The van der Waals surface area contributed by atoms with Crippen LogP contribution in [0.5, 0.6) is 0 Å². The Morgan fingerprint density at radius 1 is 1.56 bits per heavy atom. The van der Waals surface area contributed by atoms with Crippen LogP contribution in [0.4, 0.5) is 0 Å². The third-order valence-electron chi connectivity index (χ3n) is 3.03. The van der Waals surface area contributed by atoms with Crippen molar-refractivity contribution in [3.05, 3.63) is 17.0 Å². The van der Waals surface area contributed by atoms with Crippen LogP contribution in [0.25, 0.3) is 0 Å². The summed E-state index contributed by atoms with van der Waals surface area (Å²) in [5.74, 6) is -0.121. The molecular formula is C12H22N4O2. The van der Waals surface area contributed by atoms with Crippen LogP contribution in [0.3, 0.4) is 0 Å². The summed E-state index contributed by atoms with van der Waals surface area (Å²) >= 11 is 0. The first kappa shape index (κ1) is 14.7. The largest absolute Gasteiger partial charge is 0.385 e. The molecule has 0 saturated carbocycles. The van der Waals surface area contributed by atoms with Crippen molar-refractivity contribution in [2.75, 3.05) is 20.3 Å². The van der Waals surface area contributed by atoms with E-state index in [1.165, 1.54) is 0 Å². The van der Waals surface area contributed by atoms with Crippen LogP contribution in [0, 0.1) is 13.8 Å². The molecular weight excluding hydrogens is 232 g/mol. The summed E-state index contributed by atoms with van der Waals surface area (Å²) in [4.78, 5) is 12.2. The zero-order chi connectivity index (χ0) is 13.7. The van der Waals surface area contributed by atoms with Gasteiger partial charge in [-0.15, -0.1) is 0 Å². The van der Waals surface area contributed by atoms with Crippen LogP contribution in [0.15, 0.2) is 0 Å². The summed E-state index contributed by atoms with van der Waals surface area (Å²) in [5, 5.41) is 7.14. The van der Waals surface area contributed by atoms with Gasteiger partial charge in [0.2, 0.25) is 0 Å². The lowest BCUT2D eigenvalue weighted by Crippen LogP contribution is -2.41. The first-order valence-electron chi connectivity index (χ1n) is 6.01. The Morgan fingerprint density at radius 3 is 2.67 bits per heavy atom. The lowest BCUT2D eigenvalue weighted by molar-refractivity contribution is 0.0925. The maximum atomic E-state index is 12.2. The van der Waals surface area contributed by atoms with Crippen molar-refractivity contribution < 1.29 is 9.53 Å². The highest BCUT2D eigenvalue weighted by molar-refractivity contribution is 5.96. The van der Waals surface area contributed by atoms with Gasteiger partial charge in [0.05, 0.1) is 11.3 Å². The Balaban J connectivity index is 2.74. The fourth-order valence-electron chi connectivity index (χ4n) is 1.87. The Morgan fingerprint density at radius 2 is 2.22 bits per heavy atom. The number of aromatic nitrogens is 2. The molecule has 0 spiro atoms. The quantitative estimate of drug-likeness (QED) is 0.756. The highest BCUT2D eigenvalue weighted by atomic mass is 16.5. The molecule has 0 radical (unpaired) electrons. The van der Waals surface area contributed by atoms with E-state index in [0.29, 0.717) is 25.1 Å². The molecule has 1 amide bonds. The monoisotopic (exact) mass is 254 g/mol. The predicted octanol–water partition coefficient (Wildman–Crippen LogP) is 0.131. The number of nitrogens with zero attached hydrogens (tertiary/aromatic N) is 2. The minimum atomic E-state index is -0.121. The molecule has 1 aromatic heterocycles. The average molecular weight is 254 g/mol. The van der Waals surface area contributed by atoms with Gasteiger partial charge >= 0.3 is 0 Å². The maximum absolute atomic E-state index is 12.2. The maximum Gasteiger partial charge on any atom is 0.255 e. The van der Waals surface area contributed by atoms with E-state index < -0.39 is 0 Å². The molecule has 102 valence electrons. The molecule has 18 heavy (non-hydrogen) atoms. The first-order chi connectivity index (χ1) is 8.51. The van der Waals surface area contributed by atoms with E-state index in [4.69, 9.17) is 10.5 Å². The van der Waals surface area contributed by atoms with Gasteiger partial charge in [0.15, 0.2) is 0 Å². The number of hydrogen-bond donors (Lipinski definition) is 2. The number of aryl methyl sites for hydroxylation is 2. The van der Waals surface area contributed by atoms with Crippen LogP contribution >= 0.6 is 0 Å². The number of methoxy groups -OCH3 is 1. The van der Waals surface area contributed by atoms with Crippen molar-refractivity contribution in [3.63, 3.8) is 0 Å². The normalized spacial score (nSPS) is 12.5. The number of nitrogens with two attached hydrogens (primary N) is 1. The van der Waals surface area contributed by atoms with E-state index in [-0.39, 0.29) is 11.9 Å². The molecule has 0 bridgehead atoms. The number of carbonyl (C=O) groups is 1. The third-order valence-corrected chi connectivity index (χ3v) is 3.03. The summed E-state index contributed by atoms with van der Waals surface area (Å²) in [7, 11) is 3.45. The average Bonchev–Trinajstić information content (AvgIpc) is 2.58. The van der Waals surface area contributed by atoms with Crippen molar-refractivity contribution in [2.45, 2.75) is 26.3 Å². The van der Waals surface area contributed by atoms with Crippen LogP contribution in [-0.4, -0.2) is 42.0 Å². The molecule has 1 heterocycles. The Kier molecular flexibility index (Phi) is 5.30. The number of hydrogen-bond acceptors (Lipinski definition) is 4. The summed E-state index contributed by atoms with van der Waals surface area (Å²) in [5.41, 5.74) is 7.85. The molecule has 6 nitrogen and oxygen atoms in total. The first-order valence-corrected chi connectivity index (χ1v) is 6.01. The smallest absolute Gasteiger partial charge is 0.255 e. The van der Waals surface area contributed by atoms with E-state index in [2.05, 4.69) is 10.4 Å². The van der Waals surface area contributed by atoms with Crippen LogP contribution in [0.1, 0.15) is 28.2 Å². The second kappa shape index (κ2) is 6.51. The molecule has 0 aromatic carbocycles. The molecule has 0 aliphatic heterocycles. The van der Waals surface area contributed by atoms with Gasteiger partial charge in [-0.05, 0) is 20.3 Å². The lowest BCUT2D eigenvalue weighted by atomic mass is 10.1. The SMILES string of the molecule is COCCC(CN)NC(=O)c1c(C)nn(C)c1C. The van der Waals surface area contributed by atoms with Gasteiger partial charge in [-0.25, -0.2) is 0 Å². The molecule has 1 unspecified atom stereocenters. The number of nitrogens with one attached hydrogen (secondary N) is 1.